The first kappa shape index (κ1) is 16.4. The van der Waals surface area contributed by atoms with E-state index in [1.54, 1.807) is 0 Å². The first-order chi connectivity index (χ1) is 11.6. The summed E-state index contributed by atoms with van der Waals surface area (Å²) in [6.07, 6.45) is 1.12. The molecule has 0 radical (unpaired) electrons. The Kier molecular flexibility index (Phi) is 5.06. The van der Waals surface area contributed by atoms with E-state index in [1.807, 2.05) is 54.6 Å². The van der Waals surface area contributed by atoms with E-state index < -0.39 is 5.97 Å². The second-order valence-corrected chi connectivity index (χ2v) is 6.34. The van der Waals surface area contributed by atoms with Gasteiger partial charge < -0.3 is 5.11 Å². The number of hydrogen-bond acceptors (Lipinski definition) is 3. The smallest absolute Gasteiger partial charge is 0.307 e. The first-order valence-corrected chi connectivity index (χ1v) is 8.23. The minimum Gasteiger partial charge on any atom is -0.481 e. The number of benzene rings is 2. The van der Waals surface area contributed by atoms with Crippen molar-refractivity contribution in [3.8, 4) is 0 Å². The molecule has 0 amide bonds. The second kappa shape index (κ2) is 7.41. The molecule has 3 rings (SSSR count). The molecule has 1 atom stereocenters. The van der Waals surface area contributed by atoms with Gasteiger partial charge in [0.1, 0.15) is 0 Å². The lowest BCUT2D eigenvalue weighted by molar-refractivity contribution is -0.141. The van der Waals surface area contributed by atoms with Gasteiger partial charge in [-0.1, -0.05) is 54.6 Å². The number of rotatable bonds is 6. The highest BCUT2D eigenvalue weighted by Gasteiger charge is 2.27. The number of aliphatic carboxylic acids is 1. The molecule has 2 aromatic carbocycles. The third-order valence-electron chi connectivity index (χ3n) is 4.51. The quantitative estimate of drug-likeness (QED) is 0.830. The number of carbonyl (C=O) groups is 2. The van der Waals surface area contributed by atoms with Gasteiger partial charge in [0, 0.05) is 25.1 Å². The second-order valence-electron chi connectivity index (χ2n) is 6.34. The Hall–Kier alpha value is -2.46. The van der Waals surface area contributed by atoms with E-state index in [1.165, 1.54) is 0 Å². The van der Waals surface area contributed by atoms with Gasteiger partial charge in [-0.15, -0.1) is 0 Å². The number of carboxylic acid groups (broad SMARTS) is 1. The van der Waals surface area contributed by atoms with Crippen molar-refractivity contribution < 1.29 is 14.7 Å². The summed E-state index contributed by atoms with van der Waals surface area (Å²) in [5.41, 5.74) is 2.84. The molecule has 0 saturated carbocycles. The molecular formula is C20H21NO3. The van der Waals surface area contributed by atoms with Crippen LogP contribution in [0.15, 0.2) is 54.6 Å². The number of nitrogens with zero attached hydrogens (tertiary/aromatic N) is 1. The van der Waals surface area contributed by atoms with Crippen LogP contribution in [0.5, 0.6) is 0 Å². The highest BCUT2D eigenvalue weighted by Crippen LogP contribution is 2.19. The number of likely N-dealkylation sites (tertiary alicyclic amines) is 1. The van der Waals surface area contributed by atoms with Crippen LogP contribution in [0.3, 0.4) is 0 Å². The van der Waals surface area contributed by atoms with Crippen molar-refractivity contribution in [2.75, 3.05) is 13.1 Å². The molecule has 1 aliphatic rings. The average molecular weight is 323 g/mol. The van der Waals surface area contributed by atoms with E-state index in [0.717, 1.165) is 24.2 Å². The maximum absolute atomic E-state index is 12.3. The summed E-state index contributed by atoms with van der Waals surface area (Å²) in [5, 5.41) is 9.05. The maximum atomic E-state index is 12.3. The minimum atomic E-state index is -0.709. The van der Waals surface area contributed by atoms with Crippen LogP contribution < -0.4 is 0 Å². The fourth-order valence-corrected chi connectivity index (χ4v) is 3.12. The van der Waals surface area contributed by atoms with E-state index in [0.29, 0.717) is 24.9 Å². The number of ketones is 1. The summed E-state index contributed by atoms with van der Waals surface area (Å²) in [6.45, 7) is 2.15. The van der Waals surface area contributed by atoms with Gasteiger partial charge >= 0.3 is 5.97 Å². The molecule has 1 saturated heterocycles. The van der Waals surface area contributed by atoms with Crippen LogP contribution in [0.25, 0.3) is 0 Å². The van der Waals surface area contributed by atoms with Gasteiger partial charge in [0.05, 0.1) is 5.92 Å². The van der Waals surface area contributed by atoms with Crippen LogP contribution in [0.1, 0.15) is 27.9 Å². The SMILES string of the molecule is O=C(Cc1ccccc1)c1ccc(CN2CCC(C(=O)O)C2)cc1. The van der Waals surface area contributed by atoms with Crippen molar-refractivity contribution >= 4 is 11.8 Å². The minimum absolute atomic E-state index is 0.111. The van der Waals surface area contributed by atoms with E-state index in [4.69, 9.17) is 5.11 Å². The van der Waals surface area contributed by atoms with Gasteiger partial charge in [0.25, 0.3) is 0 Å². The van der Waals surface area contributed by atoms with Gasteiger partial charge in [0.15, 0.2) is 5.78 Å². The van der Waals surface area contributed by atoms with Crippen LogP contribution in [0, 0.1) is 5.92 Å². The molecule has 4 nitrogen and oxygen atoms in total. The lowest BCUT2D eigenvalue weighted by Crippen LogP contribution is -2.22. The maximum Gasteiger partial charge on any atom is 0.307 e. The molecule has 1 heterocycles. The molecule has 0 bridgehead atoms. The Labute approximate surface area is 141 Å². The molecule has 2 aromatic rings. The van der Waals surface area contributed by atoms with Crippen LogP contribution in [0.4, 0.5) is 0 Å². The molecule has 24 heavy (non-hydrogen) atoms. The van der Waals surface area contributed by atoms with Crippen LogP contribution in [-0.4, -0.2) is 34.8 Å². The molecule has 1 aliphatic heterocycles. The number of Topliss-reactive ketones (excluding diaryl/α,β-unsaturated/α-hetero) is 1. The van der Waals surface area contributed by atoms with E-state index >= 15 is 0 Å². The van der Waals surface area contributed by atoms with Gasteiger partial charge in [-0.05, 0) is 24.1 Å². The molecular weight excluding hydrogens is 302 g/mol. The van der Waals surface area contributed by atoms with Crippen LogP contribution in [-0.2, 0) is 17.8 Å². The molecule has 0 spiro atoms. The fourth-order valence-electron chi connectivity index (χ4n) is 3.12. The average Bonchev–Trinajstić information content (AvgIpc) is 3.05. The summed E-state index contributed by atoms with van der Waals surface area (Å²) < 4.78 is 0. The number of carbonyl (C=O) groups excluding carboxylic acids is 1. The number of carboxylic acids is 1. The zero-order valence-electron chi connectivity index (χ0n) is 13.5. The molecule has 0 aromatic heterocycles. The van der Waals surface area contributed by atoms with Gasteiger partial charge in [-0.2, -0.15) is 0 Å². The summed E-state index contributed by atoms with van der Waals surface area (Å²) >= 11 is 0. The summed E-state index contributed by atoms with van der Waals surface area (Å²) in [5.74, 6) is -0.851. The van der Waals surface area contributed by atoms with Gasteiger partial charge in [-0.25, -0.2) is 0 Å². The third-order valence-corrected chi connectivity index (χ3v) is 4.51. The normalized spacial score (nSPS) is 17.8. The summed E-state index contributed by atoms with van der Waals surface area (Å²) in [4.78, 5) is 25.5. The summed E-state index contributed by atoms with van der Waals surface area (Å²) in [7, 11) is 0. The lowest BCUT2D eigenvalue weighted by atomic mass is 10.0. The Balaban J connectivity index is 1.57. The van der Waals surface area contributed by atoms with Crippen LogP contribution >= 0.6 is 0 Å². The molecule has 1 fully saturated rings. The highest BCUT2D eigenvalue weighted by molar-refractivity contribution is 5.97. The number of hydrogen-bond donors (Lipinski definition) is 1. The third kappa shape index (κ3) is 4.09. The van der Waals surface area contributed by atoms with Crippen molar-refractivity contribution in [2.45, 2.75) is 19.4 Å². The molecule has 1 N–H and O–H groups in total. The van der Waals surface area contributed by atoms with Gasteiger partial charge in [-0.3, -0.25) is 14.5 Å². The van der Waals surface area contributed by atoms with E-state index in [9.17, 15) is 9.59 Å². The van der Waals surface area contributed by atoms with Gasteiger partial charge in [0.2, 0.25) is 0 Å². The Bertz CT molecular complexity index is 709. The van der Waals surface area contributed by atoms with Crippen molar-refractivity contribution in [1.82, 2.24) is 4.90 Å². The Morgan fingerprint density at radius 2 is 1.71 bits per heavy atom. The first-order valence-electron chi connectivity index (χ1n) is 8.23. The highest BCUT2D eigenvalue weighted by atomic mass is 16.4. The van der Waals surface area contributed by atoms with Crippen molar-refractivity contribution in [3.05, 3.63) is 71.3 Å². The van der Waals surface area contributed by atoms with Crippen LogP contribution in [0.2, 0.25) is 0 Å². The predicted octanol–water partition coefficient (Wildman–Crippen LogP) is 3.02. The standard InChI is InChI=1S/C20H21NO3/c22-19(12-15-4-2-1-3-5-15)17-8-6-16(7-9-17)13-21-11-10-18(14-21)20(23)24/h1-9,18H,10-14H2,(H,23,24). The monoisotopic (exact) mass is 323 g/mol. The summed E-state index contributed by atoms with van der Waals surface area (Å²) in [6, 6.07) is 17.4. The Morgan fingerprint density at radius 1 is 1.00 bits per heavy atom. The van der Waals surface area contributed by atoms with Crippen molar-refractivity contribution in [1.29, 1.82) is 0 Å². The predicted molar refractivity (Wildman–Crippen MR) is 91.9 cm³/mol. The zero-order chi connectivity index (χ0) is 16.9. The van der Waals surface area contributed by atoms with E-state index in [-0.39, 0.29) is 11.7 Å². The molecule has 1 unspecified atom stereocenters. The largest absolute Gasteiger partial charge is 0.481 e. The molecule has 0 aliphatic carbocycles. The topological polar surface area (TPSA) is 57.6 Å². The lowest BCUT2D eigenvalue weighted by Gasteiger charge is -2.15. The Morgan fingerprint density at radius 3 is 2.33 bits per heavy atom. The van der Waals surface area contributed by atoms with Crippen molar-refractivity contribution in [2.24, 2.45) is 5.92 Å². The molecule has 124 valence electrons. The fraction of sp³-hybridized carbons (Fsp3) is 0.300. The van der Waals surface area contributed by atoms with Crippen molar-refractivity contribution in [3.63, 3.8) is 0 Å². The molecule has 4 heteroatoms. The van der Waals surface area contributed by atoms with E-state index in [2.05, 4.69) is 4.90 Å². The zero-order valence-corrected chi connectivity index (χ0v) is 13.5.